The molecule has 2 aliphatic rings. The van der Waals surface area contributed by atoms with E-state index in [4.69, 9.17) is 0 Å². The molecule has 2 saturated carbocycles. The third-order valence-electron chi connectivity index (χ3n) is 3.57. The Labute approximate surface area is 90.9 Å². The van der Waals surface area contributed by atoms with E-state index in [1.54, 1.807) is 0 Å². The van der Waals surface area contributed by atoms with Crippen molar-refractivity contribution in [2.75, 3.05) is 6.54 Å². The Morgan fingerprint density at radius 2 is 2.40 bits per heavy atom. The van der Waals surface area contributed by atoms with Gasteiger partial charge in [-0.05, 0) is 50.1 Å². The highest BCUT2D eigenvalue weighted by Crippen LogP contribution is 2.47. The Morgan fingerprint density at radius 3 is 3.07 bits per heavy atom. The summed E-state index contributed by atoms with van der Waals surface area (Å²) in [4.78, 5) is 0. The van der Waals surface area contributed by atoms with Crippen LogP contribution in [0.1, 0.15) is 37.7 Å². The first-order valence-electron chi connectivity index (χ1n) is 6.12. The molecule has 0 saturated heterocycles. The van der Waals surface area contributed by atoms with Crippen molar-refractivity contribution in [2.24, 2.45) is 5.92 Å². The van der Waals surface area contributed by atoms with Crippen molar-refractivity contribution >= 4 is 0 Å². The van der Waals surface area contributed by atoms with E-state index in [0.717, 1.165) is 24.4 Å². The molecule has 0 amide bonds. The molecule has 82 valence electrons. The van der Waals surface area contributed by atoms with E-state index in [2.05, 4.69) is 23.5 Å². The summed E-state index contributed by atoms with van der Waals surface area (Å²) in [7, 11) is 0. The molecule has 1 N–H and O–H groups in total. The van der Waals surface area contributed by atoms with Crippen LogP contribution in [0.4, 0.5) is 0 Å². The number of aromatic nitrogens is 2. The van der Waals surface area contributed by atoms with E-state index in [9.17, 15) is 0 Å². The quantitative estimate of drug-likeness (QED) is 0.793. The Bertz CT molecular complexity index is 340. The van der Waals surface area contributed by atoms with Crippen molar-refractivity contribution in [3.05, 3.63) is 18.0 Å². The summed E-state index contributed by atoms with van der Waals surface area (Å²) >= 11 is 0. The monoisotopic (exact) mass is 205 g/mol. The summed E-state index contributed by atoms with van der Waals surface area (Å²) < 4.78 is 2.03. The lowest BCUT2D eigenvalue weighted by atomic mass is 10.2. The van der Waals surface area contributed by atoms with Crippen LogP contribution in [-0.2, 0) is 6.54 Å². The summed E-state index contributed by atoms with van der Waals surface area (Å²) in [6.07, 6.45) is 8.40. The molecule has 2 atom stereocenters. The molecule has 0 aromatic carbocycles. The normalized spacial score (nSPS) is 29.4. The van der Waals surface area contributed by atoms with Crippen molar-refractivity contribution in [3.8, 4) is 0 Å². The average Bonchev–Trinajstić information content (AvgIpc) is 3.15. The minimum Gasteiger partial charge on any atom is -0.314 e. The maximum atomic E-state index is 4.33. The first-order valence-corrected chi connectivity index (χ1v) is 6.12. The van der Waals surface area contributed by atoms with E-state index in [1.165, 1.54) is 31.4 Å². The van der Waals surface area contributed by atoms with Crippen LogP contribution in [0.3, 0.4) is 0 Å². The Balaban J connectivity index is 1.51. The maximum absolute atomic E-state index is 4.33. The summed E-state index contributed by atoms with van der Waals surface area (Å²) in [5.74, 6) is 1.66. The molecule has 0 aliphatic heterocycles. The van der Waals surface area contributed by atoms with Gasteiger partial charge >= 0.3 is 0 Å². The van der Waals surface area contributed by atoms with Gasteiger partial charge in [0, 0.05) is 18.8 Å². The number of nitrogens with zero attached hydrogens (tertiary/aromatic N) is 2. The molecule has 1 aromatic heterocycles. The molecule has 2 fully saturated rings. The van der Waals surface area contributed by atoms with Gasteiger partial charge in [0.25, 0.3) is 0 Å². The maximum Gasteiger partial charge on any atom is 0.0524 e. The molecule has 3 rings (SSSR count). The molecular weight excluding hydrogens is 186 g/mol. The summed E-state index contributed by atoms with van der Waals surface area (Å²) in [5, 5.41) is 7.95. The molecule has 15 heavy (non-hydrogen) atoms. The van der Waals surface area contributed by atoms with Gasteiger partial charge in [-0.1, -0.05) is 0 Å². The Morgan fingerprint density at radius 1 is 1.53 bits per heavy atom. The standard InChI is InChI=1S/C12H19N3/c1-2-15-8-10(7-14-15)12-5-9(12)6-13-11-3-4-11/h7-9,11-13H,2-6H2,1H3. The Kier molecular flexibility index (Phi) is 2.28. The number of rotatable bonds is 5. The van der Waals surface area contributed by atoms with Crippen molar-refractivity contribution in [1.29, 1.82) is 0 Å². The van der Waals surface area contributed by atoms with Crippen LogP contribution in [0.5, 0.6) is 0 Å². The highest BCUT2D eigenvalue weighted by atomic mass is 15.3. The van der Waals surface area contributed by atoms with Gasteiger partial charge in [0.05, 0.1) is 6.20 Å². The highest BCUT2D eigenvalue weighted by molar-refractivity contribution is 5.20. The molecule has 3 heteroatoms. The first-order chi connectivity index (χ1) is 7.36. The second kappa shape index (κ2) is 3.63. The minimum atomic E-state index is 0.788. The SMILES string of the molecule is CCn1cc(C2CC2CNC2CC2)cn1. The first kappa shape index (κ1) is 9.40. The van der Waals surface area contributed by atoms with Crippen molar-refractivity contribution in [3.63, 3.8) is 0 Å². The van der Waals surface area contributed by atoms with Gasteiger partial charge in [0.15, 0.2) is 0 Å². The lowest BCUT2D eigenvalue weighted by Gasteiger charge is -2.00. The Hall–Kier alpha value is -0.830. The van der Waals surface area contributed by atoms with Crippen LogP contribution in [0.15, 0.2) is 12.4 Å². The molecule has 0 radical (unpaired) electrons. The lowest BCUT2D eigenvalue weighted by molar-refractivity contribution is 0.623. The summed E-state index contributed by atoms with van der Waals surface area (Å²) in [6, 6.07) is 0.851. The minimum absolute atomic E-state index is 0.788. The highest BCUT2D eigenvalue weighted by Gasteiger charge is 2.39. The molecule has 1 heterocycles. The van der Waals surface area contributed by atoms with Gasteiger partial charge in [0.1, 0.15) is 0 Å². The number of hydrogen-bond donors (Lipinski definition) is 1. The molecule has 0 spiro atoms. The largest absolute Gasteiger partial charge is 0.314 e. The van der Waals surface area contributed by atoms with E-state index in [0.29, 0.717) is 0 Å². The number of nitrogens with one attached hydrogen (secondary N) is 1. The topological polar surface area (TPSA) is 29.9 Å². The van der Waals surface area contributed by atoms with Gasteiger partial charge in [-0.2, -0.15) is 5.10 Å². The number of hydrogen-bond acceptors (Lipinski definition) is 2. The zero-order valence-electron chi connectivity index (χ0n) is 9.32. The van der Waals surface area contributed by atoms with E-state index >= 15 is 0 Å². The fraction of sp³-hybridized carbons (Fsp3) is 0.750. The fourth-order valence-corrected chi connectivity index (χ4v) is 2.23. The third kappa shape index (κ3) is 2.07. The van der Waals surface area contributed by atoms with Gasteiger partial charge in [-0.25, -0.2) is 0 Å². The van der Waals surface area contributed by atoms with Crippen LogP contribution >= 0.6 is 0 Å². The van der Waals surface area contributed by atoms with Crippen molar-refractivity contribution in [1.82, 2.24) is 15.1 Å². The molecule has 1 aromatic rings. The van der Waals surface area contributed by atoms with Crippen LogP contribution in [0.2, 0.25) is 0 Å². The van der Waals surface area contributed by atoms with Crippen LogP contribution in [0.25, 0.3) is 0 Å². The summed E-state index contributed by atoms with van der Waals surface area (Å²) in [6.45, 7) is 4.33. The van der Waals surface area contributed by atoms with Crippen molar-refractivity contribution in [2.45, 2.75) is 44.7 Å². The van der Waals surface area contributed by atoms with E-state index in [1.807, 2.05) is 10.9 Å². The summed E-state index contributed by atoms with van der Waals surface area (Å²) in [5.41, 5.74) is 1.44. The van der Waals surface area contributed by atoms with E-state index in [-0.39, 0.29) is 0 Å². The lowest BCUT2D eigenvalue weighted by Crippen LogP contribution is -2.19. The average molecular weight is 205 g/mol. The van der Waals surface area contributed by atoms with Gasteiger partial charge in [0.2, 0.25) is 0 Å². The van der Waals surface area contributed by atoms with Crippen LogP contribution in [0, 0.1) is 5.92 Å². The predicted molar refractivity (Wildman–Crippen MR) is 59.8 cm³/mol. The van der Waals surface area contributed by atoms with Crippen LogP contribution < -0.4 is 5.32 Å². The van der Waals surface area contributed by atoms with Crippen molar-refractivity contribution < 1.29 is 0 Å². The molecule has 3 nitrogen and oxygen atoms in total. The van der Waals surface area contributed by atoms with Gasteiger partial charge in [-0.15, -0.1) is 0 Å². The van der Waals surface area contributed by atoms with E-state index < -0.39 is 0 Å². The molecule has 2 aliphatic carbocycles. The predicted octanol–water partition coefficient (Wildman–Crippen LogP) is 1.76. The second-order valence-electron chi connectivity index (χ2n) is 4.91. The zero-order chi connectivity index (χ0) is 10.3. The van der Waals surface area contributed by atoms with Gasteiger partial charge < -0.3 is 5.32 Å². The molecule has 0 bridgehead atoms. The smallest absolute Gasteiger partial charge is 0.0524 e. The zero-order valence-corrected chi connectivity index (χ0v) is 9.32. The molecule has 2 unspecified atom stereocenters. The third-order valence-corrected chi connectivity index (χ3v) is 3.57. The van der Waals surface area contributed by atoms with Gasteiger partial charge in [-0.3, -0.25) is 4.68 Å². The van der Waals surface area contributed by atoms with Crippen LogP contribution in [-0.4, -0.2) is 22.4 Å². The number of aryl methyl sites for hydroxylation is 1. The second-order valence-corrected chi connectivity index (χ2v) is 4.91. The fourth-order valence-electron chi connectivity index (χ4n) is 2.23. The molecular formula is C12H19N3.